The lowest BCUT2D eigenvalue weighted by Crippen LogP contribution is -2.29. The average Bonchev–Trinajstić information content (AvgIpc) is 2.67. The van der Waals surface area contributed by atoms with E-state index >= 15 is 0 Å². The molecule has 1 amide bonds. The van der Waals surface area contributed by atoms with Gasteiger partial charge in [-0.05, 0) is 50.3 Å². The average molecular weight is 418 g/mol. The summed E-state index contributed by atoms with van der Waals surface area (Å²) in [5.74, 6) is -0.624. The first-order valence-corrected chi connectivity index (χ1v) is 10.3. The number of sulfonamides is 1. The van der Waals surface area contributed by atoms with Gasteiger partial charge in [0.05, 0.1) is 11.5 Å². The van der Waals surface area contributed by atoms with Crippen molar-refractivity contribution < 1.29 is 27.5 Å². The Bertz CT molecular complexity index is 1000. The standard InChI is InChI=1S/C20H22N2O6S/c1-3-27-18-7-5-4-6-15(18)8-13-19(23)28-14(2)20(24)22-16-9-11-17(12-10-16)29(21,25)26/h4-14H,3H2,1-2H3,(H,22,24)(H2,21,25,26)/b13-8+. The molecule has 0 aliphatic carbocycles. The van der Waals surface area contributed by atoms with E-state index in [2.05, 4.69) is 5.32 Å². The Morgan fingerprint density at radius 2 is 1.79 bits per heavy atom. The zero-order chi connectivity index (χ0) is 21.4. The van der Waals surface area contributed by atoms with Crippen LogP contribution < -0.4 is 15.2 Å². The minimum Gasteiger partial charge on any atom is -0.493 e. The van der Waals surface area contributed by atoms with Crippen LogP contribution in [0.3, 0.4) is 0 Å². The molecule has 3 N–H and O–H groups in total. The summed E-state index contributed by atoms with van der Waals surface area (Å²) in [6.45, 7) is 3.77. The number of carbonyl (C=O) groups excluding carboxylic acids is 2. The first-order valence-electron chi connectivity index (χ1n) is 8.75. The highest BCUT2D eigenvalue weighted by atomic mass is 32.2. The van der Waals surface area contributed by atoms with Crippen molar-refractivity contribution in [2.75, 3.05) is 11.9 Å². The molecule has 0 fully saturated rings. The van der Waals surface area contributed by atoms with Crippen LogP contribution in [0, 0.1) is 0 Å². The lowest BCUT2D eigenvalue weighted by atomic mass is 10.2. The molecular weight excluding hydrogens is 396 g/mol. The number of esters is 1. The summed E-state index contributed by atoms with van der Waals surface area (Å²) in [7, 11) is -3.82. The van der Waals surface area contributed by atoms with E-state index in [9.17, 15) is 18.0 Å². The van der Waals surface area contributed by atoms with Gasteiger partial charge in [-0.15, -0.1) is 0 Å². The molecule has 0 saturated heterocycles. The molecule has 2 rings (SSSR count). The van der Waals surface area contributed by atoms with Crippen LogP contribution >= 0.6 is 0 Å². The minimum atomic E-state index is -3.82. The highest BCUT2D eigenvalue weighted by molar-refractivity contribution is 7.89. The van der Waals surface area contributed by atoms with Crippen LogP contribution in [0.5, 0.6) is 5.75 Å². The largest absolute Gasteiger partial charge is 0.493 e. The van der Waals surface area contributed by atoms with Gasteiger partial charge in [0.15, 0.2) is 6.10 Å². The van der Waals surface area contributed by atoms with Crippen molar-refractivity contribution >= 4 is 33.7 Å². The summed E-state index contributed by atoms with van der Waals surface area (Å²) in [5.41, 5.74) is 1.05. The Morgan fingerprint density at radius 3 is 2.41 bits per heavy atom. The van der Waals surface area contributed by atoms with Gasteiger partial charge in [0, 0.05) is 17.3 Å². The van der Waals surface area contributed by atoms with E-state index in [1.807, 2.05) is 19.1 Å². The number of hydrogen-bond acceptors (Lipinski definition) is 6. The third-order valence-electron chi connectivity index (χ3n) is 3.73. The van der Waals surface area contributed by atoms with Gasteiger partial charge < -0.3 is 14.8 Å². The number of carbonyl (C=O) groups is 2. The van der Waals surface area contributed by atoms with Crippen molar-refractivity contribution in [1.29, 1.82) is 0 Å². The highest BCUT2D eigenvalue weighted by Gasteiger charge is 2.17. The van der Waals surface area contributed by atoms with Crippen LogP contribution in [0.2, 0.25) is 0 Å². The molecule has 2 aromatic carbocycles. The maximum absolute atomic E-state index is 12.2. The Hall–Kier alpha value is -3.17. The Kier molecular flexibility index (Phi) is 7.52. The first-order chi connectivity index (χ1) is 13.7. The van der Waals surface area contributed by atoms with Crippen molar-refractivity contribution in [1.82, 2.24) is 0 Å². The van der Waals surface area contributed by atoms with Crippen molar-refractivity contribution in [2.24, 2.45) is 5.14 Å². The SMILES string of the molecule is CCOc1ccccc1/C=C/C(=O)OC(C)C(=O)Nc1ccc(S(N)(=O)=O)cc1. The van der Waals surface area contributed by atoms with E-state index in [1.165, 1.54) is 37.3 Å². The molecule has 8 nitrogen and oxygen atoms in total. The van der Waals surface area contributed by atoms with Gasteiger partial charge in [0.2, 0.25) is 10.0 Å². The van der Waals surface area contributed by atoms with E-state index in [0.29, 0.717) is 23.6 Å². The van der Waals surface area contributed by atoms with Crippen LogP contribution in [0.1, 0.15) is 19.4 Å². The van der Waals surface area contributed by atoms with Gasteiger partial charge in [-0.2, -0.15) is 0 Å². The molecule has 0 spiro atoms. The van der Waals surface area contributed by atoms with Crippen molar-refractivity contribution in [3.8, 4) is 5.75 Å². The molecule has 1 unspecified atom stereocenters. The summed E-state index contributed by atoms with van der Waals surface area (Å²) in [4.78, 5) is 24.1. The van der Waals surface area contributed by atoms with Crippen LogP contribution in [0.15, 0.2) is 59.5 Å². The monoisotopic (exact) mass is 418 g/mol. The number of nitrogens with one attached hydrogen (secondary N) is 1. The highest BCUT2D eigenvalue weighted by Crippen LogP contribution is 2.19. The van der Waals surface area contributed by atoms with Crippen LogP contribution in [0.4, 0.5) is 5.69 Å². The quantitative estimate of drug-likeness (QED) is 0.501. The number of ether oxygens (including phenoxy) is 2. The van der Waals surface area contributed by atoms with Gasteiger partial charge in [-0.1, -0.05) is 18.2 Å². The Balaban J connectivity index is 1.94. The number of nitrogens with two attached hydrogens (primary N) is 1. The van der Waals surface area contributed by atoms with Crippen molar-refractivity contribution in [3.05, 3.63) is 60.2 Å². The lowest BCUT2D eigenvalue weighted by Gasteiger charge is -2.12. The van der Waals surface area contributed by atoms with Gasteiger partial charge in [0.1, 0.15) is 5.75 Å². The molecule has 0 heterocycles. The van der Waals surface area contributed by atoms with E-state index in [0.717, 1.165) is 0 Å². The molecule has 0 aliphatic heterocycles. The zero-order valence-electron chi connectivity index (χ0n) is 16.0. The number of anilines is 1. The predicted molar refractivity (Wildman–Crippen MR) is 109 cm³/mol. The summed E-state index contributed by atoms with van der Waals surface area (Å²) in [6, 6.07) is 12.5. The summed E-state index contributed by atoms with van der Waals surface area (Å²) in [6.07, 6.45) is 1.69. The lowest BCUT2D eigenvalue weighted by molar-refractivity contribution is -0.148. The molecule has 2 aromatic rings. The van der Waals surface area contributed by atoms with Crippen molar-refractivity contribution in [3.63, 3.8) is 0 Å². The summed E-state index contributed by atoms with van der Waals surface area (Å²) in [5, 5.41) is 7.55. The maximum Gasteiger partial charge on any atom is 0.331 e. The molecule has 0 radical (unpaired) electrons. The predicted octanol–water partition coefficient (Wildman–Crippen LogP) is 2.32. The first kappa shape index (κ1) is 22.1. The third kappa shape index (κ3) is 6.74. The zero-order valence-corrected chi connectivity index (χ0v) is 16.8. The normalized spacial score (nSPS) is 12.4. The summed E-state index contributed by atoms with van der Waals surface area (Å²) < 4.78 is 33.0. The Labute approximate surface area is 169 Å². The number of para-hydroxylation sites is 1. The molecule has 1 atom stereocenters. The maximum atomic E-state index is 12.2. The molecule has 0 saturated carbocycles. The fourth-order valence-corrected chi connectivity index (χ4v) is 2.82. The number of rotatable bonds is 8. The smallest absolute Gasteiger partial charge is 0.331 e. The summed E-state index contributed by atoms with van der Waals surface area (Å²) >= 11 is 0. The second kappa shape index (κ2) is 9.85. The molecule has 154 valence electrons. The number of hydrogen-bond donors (Lipinski definition) is 2. The van der Waals surface area contributed by atoms with Gasteiger partial charge >= 0.3 is 5.97 Å². The topological polar surface area (TPSA) is 125 Å². The van der Waals surface area contributed by atoms with Crippen LogP contribution in [-0.4, -0.2) is 33.0 Å². The van der Waals surface area contributed by atoms with Crippen LogP contribution in [0.25, 0.3) is 6.08 Å². The van der Waals surface area contributed by atoms with E-state index in [4.69, 9.17) is 14.6 Å². The van der Waals surface area contributed by atoms with E-state index < -0.39 is 28.0 Å². The third-order valence-corrected chi connectivity index (χ3v) is 4.66. The second-order valence-corrected chi connectivity index (χ2v) is 7.50. The van der Waals surface area contributed by atoms with E-state index in [-0.39, 0.29) is 4.90 Å². The van der Waals surface area contributed by atoms with Crippen LogP contribution in [-0.2, 0) is 24.3 Å². The molecule has 0 bridgehead atoms. The van der Waals surface area contributed by atoms with Gasteiger partial charge in [-0.3, -0.25) is 4.79 Å². The number of primary sulfonamides is 1. The van der Waals surface area contributed by atoms with Gasteiger partial charge in [0.25, 0.3) is 5.91 Å². The molecule has 0 aliphatic rings. The number of amides is 1. The Morgan fingerprint density at radius 1 is 1.14 bits per heavy atom. The fourth-order valence-electron chi connectivity index (χ4n) is 2.30. The minimum absolute atomic E-state index is 0.0764. The molecule has 9 heteroatoms. The van der Waals surface area contributed by atoms with Gasteiger partial charge in [-0.25, -0.2) is 18.4 Å². The van der Waals surface area contributed by atoms with Crippen molar-refractivity contribution in [2.45, 2.75) is 24.8 Å². The molecular formula is C20H22N2O6S. The molecule has 29 heavy (non-hydrogen) atoms. The second-order valence-electron chi connectivity index (χ2n) is 5.94. The van der Waals surface area contributed by atoms with E-state index in [1.54, 1.807) is 18.2 Å². The number of benzene rings is 2. The molecule has 0 aromatic heterocycles. The fraction of sp³-hybridized carbons (Fsp3) is 0.200.